The molecule has 1 heteroatoms. The number of hydrogen-bond acceptors (Lipinski definition) is 1. The van der Waals surface area contributed by atoms with Crippen LogP contribution in [0.1, 0.15) is 43.9 Å². The highest BCUT2D eigenvalue weighted by Gasteiger charge is 2.33. The van der Waals surface area contributed by atoms with Crippen LogP contribution in [0.25, 0.3) is 0 Å². The van der Waals surface area contributed by atoms with E-state index in [1.807, 2.05) is 13.8 Å². The summed E-state index contributed by atoms with van der Waals surface area (Å²) in [5.41, 5.74) is 3.14. The molecule has 1 aliphatic heterocycles. The van der Waals surface area contributed by atoms with Gasteiger partial charge in [0.05, 0.1) is 0 Å². The Kier molecular flexibility index (Phi) is 3.42. The Morgan fingerprint density at radius 3 is 2.87 bits per heavy atom. The molecule has 0 aromatic heterocycles. The molecule has 3 rings (SSSR count). The summed E-state index contributed by atoms with van der Waals surface area (Å²) in [7, 11) is 0. The smallest absolute Gasteiger partial charge is 0.0354 e. The van der Waals surface area contributed by atoms with Crippen molar-refractivity contribution in [2.75, 3.05) is 6.54 Å². The molecule has 1 N–H and O–H groups in total. The van der Waals surface area contributed by atoms with Gasteiger partial charge in [-0.15, -0.1) is 0 Å². The number of hydrogen-bond donors (Lipinski definition) is 1. The molecule has 15 heavy (non-hydrogen) atoms. The Labute approximate surface area is 92.9 Å². The van der Waals surface area contributed by atoms with E-state index >= 15 is 0 Å². The van der Waals surface area contributed by atoms with Crippen LogP contribution in [-0.2, 0) is 6.42 Å². The van der Waals surface area contributed by atoms with Crippen LogP contribution in [0, 0.1) is 5.92 Å². The summed E-state index contributed by atoms with van der Waals surface area (Å²) in [5.74, 6) is 0.881. The zero-order chi connectivity index (χ0) is 10.7. The van der Waals surface area contributed by atoms with Crippen molar-refractivity contribution in [3.8, 4) is 0 Å². The molecule has 2 unspecified atom stereocenters. The molecule has 82 valence electrons. The Balaban J connectivity index is 0.000000404. The largest absolute Gasteiger partial charge is 0.310 e. The first-order valence-corrected chi connectivity index (χ1v) is 6.26. The van der Waals surface area contributed by atoms with Crippen LogP contribution in [0.2, 0.25) is 0 Å². The monoisotopic (exact) mass is 203 g/mol. The Morgan fingerprint density at radius 2 is 2.00 bits per heavy atom. The van der Waals surface area contributed by atoms with Crippen molar-refractivity contribution in [1.29, 1.82) is 0 Å². The van der Waals surface area contributed by atoms with E-state index in [-0.39, 0.29) is 0 Å². The Hall–Kier alpha value is -0.820. The highest BCUT2D eigenvalue weighted by molar-refractivity contribution is 5.36. The average Bonchev–Trinajstić information content (AvgIpc) is 2.70. The number of piperidine rings is 1. The lowest BCUT2D eigenvalue weighted by molar-refractivity contribution is 0.307. The highest BCUT2D eigenvalue weighted by Crippen LogP contribution is 2.40. The highest BCUT2D eigenvalue weighted by atomic mass is 14.9. The summed E-state index contributed by atoms with van der Waals surface area (Å²) in [6.45, 7) is 5.20. The molecule has 2 aliphatic rings. The topological polar surface area (TPSA) is 12.0 Å². The van der Waals surface area contributed by atoms with E-state index in [9.17, 15) is 0 Å². The zero-order valence-corrected chi connectivity index (χ0v) is 9.79. The lowest BCUT2D eigenvalue weighted by Crippen LogP contribution is -2.31. The molecular formula is C14H21N. The molecule has 1 fully saturated rings. The first kappa shape index (κ1) is 10.7. The van der Waals surface area contributed by atoms with Gasteiger partial charge in [0.1, 0.15) is 0 Å². The number of nitrogens with one attached hydrogen (secondary N) is 1. The van der Waals surface area contributed by atoms with E-state index < -0.39 is 0 Å². The van der Waals surface area contributed by atoms with Gasteiger partial charge in [0.15, 0.2) is 0 Å². The summed E-state index contributed by atoms with van der Waals surface area (Å²) in [4.78, 5) is 0. The van der Waals surface area contributed by atoms with E-state index in [1.54, 1.807) is 11.1 Å². The van der Waals surface area contributed by atoms with Crippen LogP contribution < -0.4 is 5.32 Å². The molecule has 0 saturated carbocycles. The summed E-state index contributed by atoms with van der Waals surface area (Å²) in [6.07, 6.45) is 4.06. The second-order valence-corrected chi connectivity index (χ2v) is 4.24. The number of benzene rings is 1. The lowest BCUT2D eigenvalue weighted by atomic mass is 9.92. The third kappa shape index (κ3) is 1.93. The van der Waals surface area contributed by atoms with Gasteiger partial charge < -0.3 is 5.32 Å². The fourth-order valence-electron chi connectivity index (χ4n) is 2.84. The van der Waals surface area contributed by atoms with Gasteiger partial charge in [0, 0.05) is 6.04 Å². The van der Waals surface area contributed by atoms with Crippen LogP contribution in [0.5, 0.6) is 0 Å². The number of fused-ring (bicyclic) bond motifs is 3. The fourth-order valence-corrected chi connectivity index (χ4v) is 2.84. The molecule has 1 saturated heterocycles. The first-order chi connectivity index (χ1) is 7.45. The minimum atomic E-state index is 0.671. The third-order valence-corrected chi connectivity index (χ3v) is 3.46. The SMILES string of the molecule is CC.c1ccc2c(c1)CC1CCCNC21. The molecule has 1 aliphatic carbocycles. The molecule has 2 atom stereocenters. The van der Waals surface area contributed by atoms with Gasteiger partial charge in [0.25, 0.3) is 0 Å². The third-order valence-electron chi connectivity index (χ3n) is 3.46. The van der Waals surface area contributed by atoms with Crippen molar-refractivity contribution in [1.82, 2.24) is 5.32 Å². The molecule has 1 nitrogen and oxygen atoms in total. The van der Waals surface area contributed by atoms with Gasteiger partial charge in [0.2, 0.25) is 0 Å². The molecule has 1 aromatic rings. The minimum absolute atomic E-state index is 0.671. The summed E-state index contributed by atoms with van der Waals surface area (Å²) in [6, 6.07) is 9.58. The number of rotatable bonds is 0. The predicted molar refractivity (Wildman–Crippen MR) is 65.0 cm³/mol. The first-order valence-electron chi connectivity index (χ1n) is 6.26. The van der Waals surface area contributed by atoms with Crippen LogP contribution in [0.15, 0.2) is 24.3 Å². The van der Waals surface area contributed by atoms with Gasteiger partial charge in [-0.3, -0.25) is 0 Å². The molecule has 0 radical (unpaired) electrons. The predicted octanol–water partition coefficient (Wildman–Crippen LogP) is 3.31. The van der Waals surface area contributed by atoms with Crippen molar-refractivity contribution in [3.05, 3.63) is 35.4 Å². The van der Waals surface area contributed by atoms with E-state index in [1.165, 1.54) is 25.8 Å². The van der Waals surface area contributed by atoms with E-state index in [0.29, 0.717) is 6.04 Å². The second kappa shape index (κ2) is 4.80. The average molecular weight is 203 g/mol. The van der Waals surface area contributed by atoms with Gasteiger partial charge in [-0.1, -0.05) is 38.1 Å². The molecule has 1 heterocycles. The standard InChI is InChI=1S/C12H15N.C2H6/c1-2-6-11-9(4-1)8-10-5-3-7-13-12(10)11;1-2/h1-2,4,6,10,12-13H,3,5,7-8H2;1-2H3. The van der Waals surface area contributed by atoms with Crippen LogP contribution in [-0.4, -0.2) is 6.54 Å². The normalized spacial score (nSPS) is 27.3. The van der Waals surface area contributed by atoms with E-state index in [0.717, 1.165) is 5.92 Å². The van der Waals surface area contributed by atoms with Crippen LogP contribution >= 0.6 is 0 Å². The maximum Gasteiger partial charge on any atom is 0.0354 e. The maximum absolute atomic E-state index is 3.64. The van der Waals surface area contributed by atoms with Crippen molar-refractivity contribution in [2.45, 2.75) is 39.2 Å². The van der Waals surface area contributed by atoms with Crippen molar-refractivity contribution < 1.29 is 0 Å². The van der Waals surface area contributed by atoms with Crippen molar-refractivity contribution in [2.24, 2.45) is 5.92 Å². The van der Waals surface area contributed by atoms with Gasteiger partial charge in [-0.2, -0.15) is 0 Å². The van der Waals surface area contributed by atoms with Gasteiger partial charge >= 0.3 is 0 Å². The summed E-state index contributed by atoms with van der Waals surface area (Å²) in [5, 5.41) is 3.64. The second-order valence-electron chi connectivity index (χ2n) is 4.24. The van der Waals surface area contributed by atoms with Gasteiger partial charge in [-0.25, -0.2) is 0 Å². The molecule has 0 bridgehead atoms. The molecule has 0 amide bonds. The molecular weight excluding hydrogens is 182 g/mol. The Morgan fingerprint density at radius 1 is 1.20 bits per heavy atom. The van der Waals surface area contributed by atoms with Crippen LogP contribution in [0.4, 0.5) is 0 Å². The zero-order valence-electron chi connectivity index (χ0n) is 9.79. The van der Waals surface area contributed by atoms with E-state index in [2.05, 4.69) is 29.6 Å². The quantitative estimate of drug-likeness (QED) is 0.682. The summed E-state index contributed by atoms with van der Waals surface area (Å²) >= 11 is 0. The van der Waals surface area contributed by atoms with Crippen molar-refractivity contribution >= 4 is 0 Å². The fraction of sp³-hybridized carbons (Fsp3) is 0.571. The van der Waals surface area contributed by atoms with Gasteiger partial charge in [-0.05, 0) is 42.9 Å². The minimum Gasteiger partial charge on any atom is -0.310 e. The molecule has 1 aromatic carbocycles. The van der Waals surface area contributed by atoms with E-state index in [4.69, 9.17) is 0 Å². The lowest BCUT2D eigenvalue weighted by Gasteiger charge is -2.27. The Bertz CT molecular complexity index is 319. The summed E-state index contributed by atoms with van der Waals surface area (Å²) < 4.78 is 0. The maximum atomic E-state index is 3.64. The molecule has 0 spiro atoms. The van der Waals surface area contributed by atoms with Crippen molar-refractivity contribution in [3.63, 3.8) is 0 Å². The van der Waals surface area contributed by atoms with Crippen LogP contribution in [0.3, 0.4) is 0 Å².